The van der Waals surface area contributed by atoms with Crippen molar-refractivity contribution in [1.29, 1.82) is 0 Å². The van der Waals surface area contributed by atoms with Gasteiger partial charge < -0.3 is 20.7 Å². The number of ether oxygens (including phenoxy) is 1. The van der Waals surface area contributed by atoms with E-state index in [1.54, 1.807) is 0 Å². The molecule has 1 amide bonds. The van der Waals surface area contributed by atoms with E-state index in [-0.39, 0.29) is 18.2 Å². The second-order valence-electron chi connectivity index (χ2n) is 5.47. The molecule has 94 valence electrons. The molecule has 3 N–H and O–H groups in total. The number of nitrogens with one attached hydrogen (secondary N) is 1. The number of hydrogen-bond donors (Lipinski definition) is 2. The van der Waals surface area contributed by atoms with Crippen LogP contribution >= 0.6 is 0 Å². The summed E-state index contributed by atoms with van der Waals surface area (Å²) in [6.45, 7) is 7.30. The summed E-state index contributed by atoms with van der Waals surface area (Å²) in [5.41, 5.74) is 5.49. The summed E-state index contributed by atoms with van der Waals surface area (Å²) in [5, 5.41) is 2.83. The second kappa shape index (κ2) is 5.01. The average Bonchev–Trinajstić information content (AvgIpc) is 2.08. The lowest BCUT2D eigenvalue weighted by Crippen LogP contribution is -2.57. The van der Waals surface area contributed by atoms with Crippen LogP contribution in [0.4, 0.5) is 4.79 Å². The third-order valence-electron chi connectivity index (χ3n) is 2.57. The average molecular weight is 229 g/mol. The van der Waals surface area contributed by atoms with Crippen LogP contribution in [0, 0.1) is 0 Å². The van der Waals surface area contributed by atoms with E-state index in [2.05, 4.69) is 10.2 Å². The molecule has 0 spiro atoms. The molecule has 1 fully saturated rings. The van der Waals surface area contributed by atoms with Crippen molar-refractivity contribution in [2.75, 3.05) is 20.1 Å². The first-order valence-corrected chi connectivity index (χ1v) is 5.71. The van der Waals surface area contributed by atoms with E-state index in [4.69, 9.17) is 10.5 Å². The van der Waals surface area contributed by atoms with Gasteiger partial charge >= 0.3 is 6.09 Å². The summed E-state index contributed by atoms with van der Waals surface area (Å²) in [7, 11) is 2.02. The van der Waals surface area contributed by atoms with Gasteiger partial charge in [0.2, 0.25) is 0 Å². The van der Waals surface area contributed by atoms with Crippen LogP contribution in [0.2, 0.25) is 0 Å². The molecule has 1 heterocycles. The first-order valence-electron chi connectivity index (χ1n) is 5.71. The van der Waals surface area contributed by atoms with Crippen LogP contribution < -0.4 is 11.1 Å². The Morgan fingerprint density at radius 3 is 2.69 bits per heavy atom. The first-order chi connectivity index (χ1) is 7.28. The highest BCUT2D eigenvalue weighted by molar-refractivity contribution is 5.68. The largest absolute Gasteiger partial charge is 0.444 e. The highest BCUT2D eigenvalue weighted by atomic mass is 16.6. The number of carbonyl (C=O) groups excluding carboxylic acids is 1. The highest BCUT2D eigenvalue weighted by Gasteiger charge is 2.27. The third kappa shape index (κ3) is 4.37. The summed E-state index contributed by atoms with van der Waals surface area (Å²) in [5.74, 6) is 0. The molecule has 1 rings (SSSR count). The van der Waals surface area contributed by atoms with Crippen LogP contribution in [0.1, 0.15) is 27.2 Å². The maximum atomic E-state index is 11.6. The summed E-state index contributed by atoms with van der Waals surface area (Å²) >= 11 is 0. The van der Waals surface area contributed by atoms with Crippen molar-refractivity contribution >= 4 is 6.09 Å². The van der Waals surface area contributed by atoms with E-state index < -0.39 is 5.60 Å². The van der Waals surface area contributed by atoms with Gasteiger partial charge in [0.15, 0.2) is 0 Å². The number of likely N-dealkylation sites (tertiary alicyclic amines) is 1. The summed E-state index contributed by atoms with van der Waals surface area (Å²) in [6.07, 6.45) is 0.514. The Morgan fingerprint density at radius 1 is 1.50 bits per heavy atom. The molecule has 0 saturated carbocycles. The summed E-state index contributed by atoms with van der Waals surface area (Å²) in [4.78, 5) is 13.7. The zero-order chi connectivity index (χ0) is 12.3. The quantitative estimate of drug-likeness (QED) is 0.689. The maximum absolute atomic E-state index is 11.6. The summed E-state index contributed by atoms with van der Waals surface area (Å²) < 4.78 is 5.20. The van der Waals surface area contributed by atoms with Crippen molar-refractivity contribution in [2.24, 2.45) is 5.73 Å². The Kier molecular flexibility index (Phi) is 4.15. The monoisotopic (exact) mass is 229 g/mol. The third-order valence-corrected chi connectivity index (χ3v) is 2.57. The molecule has 0 aromatic rings. The molecular formula is C11H23N3O2. The van der Waals surface area contributed by atoms with Crippen LogP contribution in [0.3, 0.4) is 0 Å². The topological polar surface area (TPSA) is 67.6 Å². The van der Waals surface area contributed by atoms with Crippen molar-refractivity contribution in [1.82, 2.24) is 10.2 Å². The van der Waals surface area contributed by atoms with Crippen LogP contribution in [0.25, 0.3) is 0 Å². The predicted molar refractivity (Wildman–Crippen MR) is 63.2 cm³/mol. The molecule has 1 aliphatic heterocycles. The van der Waals surface area contributed by atoms with Crippen LogP contribution in [-0.2, 0) is 4.74 Å². The lowest BCUT2D eigenvalue weighted by molar-refractivity contribution is 0.0468. The number of likely N-dealkylation sites (N-methyl/N-ethyl adjacent to an activating group) is 1. The number of piperidine rings is 1. The number of nitrogens with two attached hydrogens (primary N) is 1. The molecule has 0 aliphatic carbocycles. The molecule has 0 radical (unpaired) electrons. The maximum Gasteiger partial charge on any atom is 0.407 e. The van der Waals surface area contributed by atoms with E-state index in [1.807, 2.05) is 27.8 Å². The van der Waals surface area contributed by atoms with Gasteiger partial charge in [-0.15, -0.1) is 0 Å². The van der Waals surface area contributed by atoms with Crippen molar-refractivity contribution < 1.29 is 9.53 Å². The molecule has 1 aliphatic rings. The van der Waals surface area contributed by atoms with E-state index in [0.717, 1.165) is 19.5 Å². The zero-order valence-electron chi connectivity index (χ0n) is 10.6. The van der Waals surface area contributed by atoms with Gasteiger partial charge in [0.05, 0.1) is 6.04 Å². The van der Waals surface area contributed by atoms with Crippen molar-refractivity contribution in [3.8, 4) is 0 Å². The number of alkyl carbamates (subject to hydrolysis) is 1. The van der Waals surface area contributed by atoms with E-state index in [1.165, 1.54) is 0 Å². The second-order valence-corrected chi connectivity index (χ2v) is 5.47. The lowest BCUT2D eigenvalue weighted by atomic mass is 10.0. The van der Waals surface area contributed by atoms with E-state index in [0.29, 0.717) is 0 Å². The lowest BCUT2D eigenvalue weighted by Gasteiger charge is -2.35. The van der Waals surface area contributed by atoms with Crippen LogP contribution in [0.15, 0.2) is 0 Å². The number of nitrogens with zero attached hydrogens (tertiary/aromatic N) is 1. The molecular weight excluding hydrogens is 206 g/mol. The standard InChI is InChI=1S/C11H23N3O2/c1-11(2,3)16-10(15)13-9-7-14(4)6-5-8(9)12/h8-9H,5-7,12H2,1-4H3,(H,13,15)/t8-,9-/m1/s1. The number of amides is 1. The van der Waals surface area contributed by atoms with Gasteiger partial charge in [0.25, 0.3) is 0 Å². The molecule has 1 saturated heterocycles. The van der Waals surface area contributed by atoms with E-state index >= 15 is 0 Å². The zero-order valence-corrected chi connectivity index (χ0v) is 10.6. The highest BCUT2D eigenvalue weighted by Crippen LogP contribution is 2.10. The molecule has 0 aromatic heterocycles. The number of carbonyl (C=O) groups is 1. The molecule has 16 heavy (non-hydrogen) atoms. The van der Waals surface area contributed by atoms with E-state index in [9.17, 15) is 4.79 Å². The SMILES string of the molecule is CN1CC[C@@H](N)[C@H](NC(=O)OC(C)(C)C)C1. The molecule has 5 nitrogen and oxygen atoms in total. The van der Waals surface area contributed by atoms with Crippen molar-refractivity contribution in [3.63, 3.8) is 0 Å². The Bertz CT molecular complexity index is 250. The Balaban J connectivity index is 2.43. The van der Waals surface area contributed by atoms with Gasteiger partial charge in [-0.2, -0.15) is 0 Å². The molecule has 2 atom stereocenters. The fourth-order valence-electron chi connectivity index (χ4n) is 1.74. The molecule has 0 aromatic carbocycles. The van der Waals surface area contributed by atoms with Crippen LogP contribution in [-0.4, -0.2) is 48.8 Å². The van der Waals surface area contributed by atoms with Gasteiger partial charge in [0.1, 0.15) is 5.60 Å². The smallest absolute Gasteiger partial charge is 0.407 e. The van der Waals surface area contributed by atoms with Crippen molar-refractivity contribution in [3.05, 3.63) is 0 Å². The molecule has 5 heteroatoms. The van der Waals surface area contributed by atoms with Gasteiger partial charge in [-0.25, -0.2) is 4.79 Å². The fourth-order valence-corrected chi connectivity index (χ4v) is 1.74. The molecule has 0 bridgehead atoms. The van der Waals surface area contributed by atoms with Gasteiger partial charge in [-0.05, 0) is 40.8 Å². The Morgan fingerprint density at radius 2 is 2.12 bits per heavy atom. The van der Waals surface area contributed by atoms with Crippen LogP contribution in [0.5, 0.6) is 0 Å². The minimum atomic E-state index is -0.464. The minimum absolute atomic E-state index is 0.0173. The number of hydrogen-bond acceptors (Lipinski definition) is 4. The van der Waals surface area contributed by atoms with Gasteiger partial charge in [-0.3, -0.25) is 0 Å². The minimum Gasteiger partial charge on any atom is -0.444 e. The summed E-state index contributed by atoms with van der Waals surface area (Å²) in [6, 6.07) is -0.00248. The Labute approximate surface area is 97.3 Å². The number of rotatable bonds is 1. The normalized spacial score (nSPS) is 27.6. The Hall–Kier alpha value is -0.810. The fraction of sp³-hybridized carbons (Fsp3) is 0.909. The van der Waals surface area contributed by atoms with Gasteiger partial charge in [0, 0.05) is 12.6 Å². The molecule has 0 unspecified atom stereocenters. The first kappa shape index (κ1) is 13.3. The van der Waals surface area contributed by atoms with Gasteiger partial charge in [-0.1, -0.05) is 0 Å². The van der Waals surface area contributed by atoms with Crippen molar-refractivity contribution in [2.45, 2.75) is 44.9 Å². The predicted octanol–water partition coefficient (Wildman–Crippen LogP) is 0.543.